The van der Waals surface area contributed by atoms with E-state index < -0.39 is 0 Å². The summed E-state index contributed by atoms with van der Waals surface area (Å²) in [6, 6.07) is 3.78. The largest absolute Gasteiger partial charge is 0.465 e. The van der Waals surface area contributed by atoms with Crippen LogP contribution in [0.1, 0.15) is 19.1 Å². The number of ether oxygens (including phenoxy) is 1. The minimum absolute atomic E-state index is 0.661. The maximum Gasteiger partial charge on any atom is 0.126 e. The highest BCUT2D eigenvalue weighted by Crippen LogP contribution is 2.01. The average molecular weight is 166 g/mol. The van der Waals surface area contributed by atoms with Gasteiger partial charge in [0.05, 0.1) is 12.9 Å². The van der Waals surface area contributed by atoms with Gasteiger partial charge >= 0.3 is 0 Å². The normalized spacial score (nSPS) is 11.1. The van der Waals surface area contributed by atoms with Crippen LogP contribution in [0.2, 0.25) is 0 Å². The molecule has 0 aliphatic carbocycles. The molecule has 1 aromatic rings. The predicted octanol–water partition coefficient (Wildman–Crippen LogP) is 2.72. The van der Waals surface area contributed by atoms with Crippen LogP contribution in [-0.4, -0.2) is 13.2 Å². The van der Waals surface area contributed by atoms with E-state index in [1.165, 1.54) is 0 Å². The van der Waals surface area contributed by atoms with Gasteiger partial charge in [-0.1, -0.05) is 13.0 Å². The molecule has 0 atom stereocenters. The molecule has 0 radical (unpaired) electrons. The predicted molar refractivity (Wildman–Crippen MR) is 48.9 cm³/mol. The molecular formula is C10H14O2. The summed E-state index contributed by atoms with van der Waals surface area (Å²) in [6.45, 7) is 3.58. The van der Waals surface area contributed by atoms with E-state index in [1.807, 2.05) is 24.3 Å². The highest BCUT2D eigenvalue weighted by Gasteiger charge is 1.85. The molecule has 2 heteroatoms. The molecular weight excluding hydrogens is 152 g/mol. The minimum atomic E-state index is 0.661. The van der Waals surface area contributed by atoms with E-state index >= 15 is 0 Å². The monoisotopic (exact) mass is 166 g/mol. The lowest BCUT2D eigenvalue weighted by atomic mass is 10.4. The quantitative estimate of drug-likeness (QED) is 0.627. The number of hydrogen-bond acceptors (Lipinski definition) is 2. The first kappa shape index (κ1) is 9.07. The Morgan fingerprint density at radius 3 is 3.17 bits per heavy atom. The van der Waals surface area contributed by atoms with Crippen molar-refractivity contribution in [3.05, 3.63) is 30.2 Å². The zero-order valence-electron chi connectivity index (χ0n) is 7.32. The minimum Gasteiger partial charge on any atom is -0.465 e. The molecule has 0 aromatic carbocycles. The molecule has 0 amide bonds. The van der Waals surface area contributed by atoms with Gasteiger partial charge in [0.1, 0.15) is 5.76 Å². The molecule has 2 nitrogen and oxygen atoms in total. The molecule has 12 heavy (non-hydrogen) atoms. The summed E-state index contributed by atoms with van der Waals surface area (Å²) >= 11 is 0. The molecule has 0 unspecified atom stereocenters. The van der Waals surface area contributed by atoms with Gasteiger partial charge in [-0.05, 0) is 24.6 Å². The fourth-order valence-corrected chi connectivity index (χ4v) is 0.846. The van der Waals surface area contributed by atoms with Crippen molar-refractivity contribution in [1.82, 2.24) is 0 Å². The Hall–Kier alpha value is -1.02. The van der Waals surface area contributed by atoms with Gasteiger partial charge in [0.15, 0.2) is 0 Å². The highest BCUT2D eigenvalue weighted by atomic mass is 16.5. The molecule has 0 bridgehead atoms. The molecule has 0 fully saturated rings. The van der Waals surface area contributed by atoms with Crippen molar-refractivity contribution >= 4 is 6.08 Å². The van der Waals surface area contributed by atoms with Crippen LogP contribution in [0.15, 0.2) is 28.9 Å². The first-order chi connectivity index (χ1) is 5.93. The Kier molecular flexibility index (Phi) is 4.24. The van der Waals surface area contributed by atoms with Gasteiger partial charge < -0.3 is 9.15 Å². The number of furan rings is 1. The van der Waals surface area contributed by atoms with Crippen molar-refractivity contribution < 1.29 is 9.15 Å². The molecule has 0 saturated heterocycles. The van der Waals surface area contributed by atoms with Crippen LogP contribution in [0.5, 0.6) is 0 Å². The zero-order valence-corrected chi connectivity index (χ0v) is 7.32. The molecule has 0 aliphatic heterocycles. The Morgan fingerprint density at radius 2 is 2.50 bits per heavy atom. The summed E-state index contributed by atoms with van der Waals surface area (Å²) in [5.41, 5.74) is 0. The van der Waals surface area contributed by atoms with Crippen LogP contribution in [0.25, 0.3) is 6.08 Å². The third-order valence-electron chi connectivity index (χ3n) is 1.39. The second-order valence-electron chi connectivity index (χ2n) is 2.49. The van der Waals surface area contributed by atoms with Gasteiger partial charge in [0, 0.05) is 6.61 Å². The second-order valence-corrected chi connectivity index (χ2v) is 2.49. The fourth-order valence-electron chi connectivity index (χ4n) is 0.846. The van der Waals surface area contributed by atoms with Crippen molar-refractivity contribution in [3.63, 3.8) is 0 Å². The van der Waals surface area contributed by atoms with E-state index in [4.69, 9.17) is 9.15 Å². The lowest BCUT2D eigenvalue weighted by Gasteiger charge is -1.94. The van der Waals surface area contributed by atoms with Gasteiger partial charge in [-0.25, -0.2) is 0 Å². The Morgan fingerprint density at radius 1 is 1.58 bits per heavy atom. The number of hydrogen-bond donors (Lipinski definition) is 0. The Balaban J connectivity index is 2.14. The molecule has 0 spiro atoms. The zero-order chi connectivity index (χ0) is 8.65. The van der Waals surface area contributed by atoms with Crippen molar-refractivity contribution in [1.29, 1.82) is 0 Å². The lowest BCUT2D eigenvalue weighted by molar-refractivity contribution is 0.163. The van der Waals surface area contributed by atoms with E-state index in [0.717, 1.165) is 18.8 Å². The molecule has 0 saturated carbocycles. The third-order valence-corrected chi connectivity index (χ3v) is 1.39. The Bertz CT molecular complexity index is 212. The molecule has 1 heterocycles. The number of rotatable bonds is 5. The van der Waals surface area contributed by atoms with E-state index in [-0.39, 0.29) is 0 Å². The first-order valence-electron chi connectivity index (χ1n) is 4.21. The van der Waals surface area contributed by atoms with Crippen LogP contribution < -0.4 is 0 Å². The van der Waals surface area contributed by atoms with Crippen molar-refractivity contribution in [3.8, 4) is 0 Å². The molecule has 66 valence electrons. The maximum atomic E-state index is 5.25. The summed E-state index contributed by atoms with van der Waals surface area (Å²) < 4.78 is 10.4. The average Bonchev–Trinajstić information content (AvgIpc) is 2.57. The van der Waals surface area contributed by atoms with E-state index in [2.05, 4.69) is 6.92 Å². The summed E-state index contributed by atoms with van der Waals surface area (Å²) in [5, 5.41) is 0. The van der Waals surface area contributed by atoms with Gasteiger partial charge in [0.2, 0.25) is 0 Å². The van der Waals surface area contributed by atoms with Crippen molar-refractivity contribution in [2.75, 3.05) is 13.2 Å². The standard InChI is InChI=1S/C10H14O2/c1-2-7-11-8-3-5-10-6-4-9-12-10/h3-6,9H,2,7-8H2,1H3. The first-order valence-corrected chi connectivity index (χ1v) is 4.21. The Labute approximate surface area is 72.8 Å². The van der Waals surface area contributed by atoms with Gasteiger partial charge in [-0.15, -0.1) is 0 Å². The van der Waals surface area contributed by atoms with Crippen molar-refractivity contribution in [2.45, 2.75) is 13.3 Å². The van der Waals surface area contributed by atoms with Gasteiger partial charge in [-0.3, -0.25) is 0 Å². The van der Waals surface area contributed by atoms with E-state index in [0.29, 0.717) is 6.61 Å². The summed E-state index contributed by atoms with van der Waals surface area (Å²) in [6.07, 6.45) is 6.59. The summed E-state index contributed by atoms with van der Waals surface area (Å²) in [4.78, 5) is 0. The molecule has 0 N–H and O–H groups in total. The van der Waals surface area contributed by atoms with Crippen LogP contribution in [-0.2, 0) is 4.74 Å². The topological polar surface area (TPSA) is 22.4 Å². The molecule has 1 aromatic heterocycles. The molecule has 1 rings (SSSR count). The van der Waals surface area contributed by atoms with Gasteiger partial charge in [0.25, 0.3) is 0 Å². The lowest BCUT2D eigenvalue weighted by Crippen LogP contribution is -1.90. The van der Waals surface area contributed by atoms with E-state index in [1.54, 1.807) is 6.26 Å². The fraction of sp³-hybridized carbons (Fsp3) is 0.400. The van der Waals surface area contributed by atoms with Crippen molar-refractivity contribution in [2.24, 2.45) is 0 Å². The maximum absolute atomic E-state index is 5.25. The third kappa shape index (κ3) is 3.39. The van der Waals surface area contributed by atoms with Crippen LogP contribution in [0.3, 0.4) is 0 Å². The van der Waals surface area contributed by atoms with Crippen LogP contribution in [0.4, 0.5) is 0 Å². The van der Waals surface area contributed by atoms with Crippen LogP contribution >= 0.6 is 0 Å². The van der Waals surface area contributed by atoms with E-state index in [9.17, 15) is 0 Å². The highest BCUT2D eigenvalue weighted by molar-refractivity contribution is 5.41. The summed E-state index contributed by atoms with van der Waals surface area (Å²) in [7, 11) is 0. The smallest absolute Gasteiger partial charge is 0.126 e. The molecule has 0 aliphatic rings. The SMILES string of the molecule is CCCOCC=Cc1ccco1. The second kappa shape index (κ2) is 5.61. The summed E-state index contributed by atoms with van der Waals surface area (Å²) in [5.74, 6) is 0.870. The van der Waals surface area contributed by atoms with Gasteiger partial charge in [-0.2, -0.15) is 0 Å². The van der Waals surface area contributed by atoms with Crippen LogP contribution in [0, 0.1) is 0 Å².